The first-order valence-electron chi connectivity index (χ1n) is 5.32. The van der Waals surface area contributed by atoms with Crippen molar-refractivity contribution < 1.29 is 14.3 Å². The van der Waals surface area contributed by atoms with E-state index in [1.807, 2.05) is 0 Å². The van der Waals surface area contributed by atoms with Crippen molar-refractivity contribution in [3.05, 3.63) is 24.5 Å². The Labute approximate surface area is 107 Å². The summed E-state index contributed by atoms with van der Waals surface area (Å²) in [7, 11) is 0. The Hall–Kier alpha value is -1.89. The highest BCUT2D eigenvalue weighted by Crippen LogP contribution is 2.26. The monoisotopic (exact) mass is 264 g/mol. The lowest BCUT2D eigenvalue weighted by molar-refractivity contribution is -0.304. The highest BCUT2D eigenvalue weighted by atomic mass is 32.2. The number of rotatable bonds is 5. The topological polar surface area (TPSA) is 91.9 Å². The average molecular weight is 264 g/mol. The molecule has 1 atom stereocenters. The number of carboxylic acids is 1. The van der Waals surface area contributed by atoms with Gasteiger partial charge in [0.2, 0.25) is 5.89 Å². The van der Waals surface area contributed by atoms with Gasteiger partial charge in [0.1, 0.15) is 0 Å². The van der Waals surface area contributed by atoms with Crippen LogP contribution in [0.5, 0.6) is 0 Å². The van der Waals surface area contributed by atoms with Crippen LogP contribution in [0.4, 0.5) is 0 Å². The summed E-state index contributed by atoms with van der Waals surface area (Å²) in [6.07, 6.45) is 3.66. The second-order valence-electron chi connectivity index (χ2n) is 3.44. The Kier molecular flexibility index (Phi) is 3.93. The largest absolute Gasteiger partial charge is 0.549 e. The summed E-state index contributed by atoms with van der Waals surface area (Å²) in [6.45, 7) is 1.76. The predicted octanol–water partition coefficient (Wildman–Crippen LogP) is 0.752. The minimum absolute atomic E-state index is 0.220. The number of hydrogen-bond acceptors (Lipinski definition) is 7. The summed E-state index contributed by atoms with van der Waals surface area (Å²) in [5.74, 6) is -0.792. The molecule has 0 unspecified atom stereocenters. The summed E-state index contributed by atoms with van der Waals surface area (Å²) in [4.78, 5) is 14.7. The van der Waals surface area contributed by atoms with E-state index in [-0.39, 0.29) is 5.22 Å². The number of carbonyl (C=O) groups excluding carboxylic acids is 1. The maximum absolute atomic E-state index is 10.8. The summed E-state index contributed by atoms with van der Waals surface area (Å²) < 4.78 is 5.37. The molecule has 0 spiro atoms. The van der Waals surface area contributed by atoms with Gasteiger partial charge in [-0.25, -0.2) is 0 Å². The van der Waals surface area contributed by atoms with Crippen LogP contribution in [-0.4, -0.2) is 26.4 Å². The van der Waals surface area contributed by atoms with Gasteiger partial charge < -0.3 is 14.3 Å². The summed E-state index contributed by atoms with van der Waals surface area (Å²) in [6, 6.07) is 3.47. The maximum atomic E-state index is 10.8. The van der Waals surface area contributed by atoms with Gasteiger partial charge in [-0.2, -0.15) is 0 Å². The van der Waals surface area contributed by atoms with Crippen molar-refractivity contribution in [1.82, 2.24) is 15.2 Å². The van der Waals surface area contributed by atoms with Gasteiger partial charge in [-0.3, -0.25) is 4.98 Å². The van der Waals surface area contributed by atoms with Gasteiger partial charge in [0.05, 0.1) is 11.2 Å². The van der Waals surface area contributed by atoms with Crippen LogP contribution in [-0.2, 0) is 4.79 Å². The highest BCUT2D eigenvalue weighted by Gasteiger charge is 2.15. The molecule has 0 radical (unpaired) electrons. The first kappa shape index (κ1) is 12.6. The first-order chi connectivity index (χ1) is 8.70. The van der Waals surface area contributed by atoms with E-state index in [0.29, 0.717) is 12.3 Å². The van der Waals surface area contributed by atoms with Crippen molar-refractivity contribution in [2.75, 3.05) is 0 Å². The summed E-state index contributed by atoms with van der Waals surface area (Å²) in [5.41, 5.74) is 0.742. The third kappa shape index (κ3) is 2.86. The number of carboxylic acid groups (broad SMARTS) is 1. The van der Waals surface area contributed by atoms with Crippen molar-refractivity contribution in [2.24, 2.45) is 0 Å². The molecule has 0 saturated heterocycles. The lowest BCUT2D eigenvalue weighted by Gasteiger charge is -2.11. The molecule has 0 N–H and O–H groups in total. The second-order valence-corrected chi connectivity index (χ2v) is 4.60. The minimum atomic E-state index is -1.13. The number of hydrogen-bond donors (Lipinski definition) is 0. The van der Waals surface area contributed by atoms with E-state index in [9.17, 15) is 9.90 Å². The lowest BCUT2D eigenvalue weighted by Crippen LogP contribution is -2.32. The zero-order chi connectivity index (χ0) is 13.0. The number of aromatic nitrogens is 3. The Morgan fingerprint density at radius 1 is 1.44 bits per heavy atom. The van der Waals surface area contributed by atoms with E-state index in [2.05, 4.69) is 15.2 Å². The molecule has 0 amide bonds. The van der Waals surface area contributed by atoms with Crippen LogP contribution in [0.25, 0.3) is 11.5 Å². The molecule has 2 aromatic rings. The molecule has 18 heavy (non-hydrogen) atoms. The standard InChI is InChI=1S/C11H11N3O3S/c1-2-8(10(15)16)18-11-14-13-9(17-11)7-3-5-12-6-4-7/h3-6,8H,2H2,1H3,(H,15,16)/p-1/t8-/m0/s1. The van der Waals surface area contributed by atoms with Crippen LogP contribution in [0.15, 0.2) is 34.2 Å². The molecule has 2 aromatic heterocycles. The van der Waals surface area contributed by atoms with Crippen LogP contribution in [0.3, 0.4) is 0 Å². The Morgan fingerprint density at radius 2 is 2.17 bits per heavy atom. The molecule has 0 aliphatic rings. The van der Waals surface area contributed by atoms with Gasteiger partial charge in [-0.1, -0.05) is 18.7 Å². The predicted molar refractivity (Wildman–Crippen MR) is 62.5 cm³/mol. The van der Waals surface area contributed by atoms with Crippen LogP contribution >= 0.6 is 11.8 Å². The second kappa shape index (κ2) is 5.63. The van der Waals surface area contributed by atoms with Crippen LogP contribution in [0.2, 0.25) is 0 Å². The molecular weight excluding hydrogens is 254 g/mol. The van der Waals surface area contributed by atoms with Crippen LogP contribution in [0.1, 0.15) is 13.3 Å². The molecule has 0 aliphatic heterocycles. The maximum Gasteiger partial charge on any atom is 0.277 e. The van der Waals surface area contributed by atoms with Gasteiger partial charge in [0.25, 0.3) is 5.22 Å². The smallest absolute Gasteiger partial charge is 0.277 e. The van der Waals surface area contributed by atoms with Crippen molar-refractivity contribution in [2.45, 2.75) is 23.8 Å². The number of aliphatic carboxylic acids is 1. The third-order valence-corrected chi connectivity index (χ3v) is 3.39. The zero-order valence-corrected chi connectivity index (χ0v) is 10.4. The van der Waals surface area contributed by atoms with Gasteiger partial charge in [0.15, 0.2) is 0 Å². The fourth-order valence-corrected chi connectivity index (χ4v) is 2.01. The molecule has 0 aromatic carbocycles. The number of thioether (sulfide) groups is 1. The van der Waals surface area contributed by atoms with Crippen molar-refractivity contribution >= 4 is 17.7 Å². The van der Waals surface area contributed by atoms with Gasteiger partial charge in [-0.15, -0.1) is 10.2 Å². The number of nitrogens with zero attached hydrogens (tertiary/aromatic N) is 3. The van der Waals surface area contributed by atoms with Gasteiger partial charge in [-0.05, 0) is 18.6 Å². The Morgan fingerprint density at radius 3 is 2.78 bits per heavy atom. The molecule has 7 heteroatoms. The minimum Gasteiger partial charge on any atom is -0.549 e. The molecule has 2 heterocycles. The molecule has 0 fully saturated rings. The Balaban J connectivity index is 2.14. The van der Waals surface area contributed by atoms with Gasteiger partial charge in [0, 0.05) is 18.0 Å². The molecule has 0 aliphatic carbocycles. The van der Waals surface area contributed by atoms with Crippen molar-refractivity contribution in [1.29, 1.82) is 0 Å². The van der Waals surface area contributed by atoms with Crippen molar-refractivity contribution in [3.8, 4) is 11.5 Å². The van der Waals surface area contributed by atoms with Crippen molar-refractivity contribution in [3.63, 3.8) is 0 Å². The SMILES string of the molecule is CC[C@H](Sc1nnc(-c2ccncc2)o1)C(=O)[O-]. The fraction of sp³-hybridized carbons (Fsp3) is 0.273. The van der Waals surface area contributed by atoms with Gasteiger partial charge >= 0.3 is 0 Å². The molecule has 6 nitrogen and oxygen atoms in total. The number of carbonyl (C=O) groups is 1. The highest BCUT2D eigenvalue weighted by molar-refractivity contribution is 8.00. The summed E-state index contributed by atoms with van der Waals surface area (Å²) in [5, 5.41) is 18.0. The van der Waals surface area contributed by atoms with E-state index in [0.717, 1.165) is 17.3 Å². The summed E-state index contributed by atoms with van der Waals surface area (Å²) >= 11 is 0.994. The molecular formula is C11H10N3O3S-. The lowest BCUT2D eigenvalue weighted by atomic mass is 10.3. The van der Waals surface area contributed by atoms with E-state index in [1.165, 1.54) is 0 Å². The quantitative estimate of drug-likeness (QED) is 0.736. The van der Waals surface area contributed by atoms with E-state index < -0.39 is 11.2 Å². The van der Waals surface area contributed by atoms with E-state index in [4.69, 9.17) is 4.42 Å². The molecule has 94 valence electrons. The molecule has 0 saturated carbocycles. The van der Waals surface area contributed by atoms with Crippen LogP contribution < -0.4 is 5.11 Å². The Bertz CT molecular complexity index is 529. The van der Waals surface area contributed by atoms with E-state index >= 15 is 0 Å². The first-order valence-corrected chi connectivity index (χ1v) is 6.20. The average Bonchev–Trinajstić information content (AvgIpc) is 2.85. The number of pyridine rings is 1. The molecule has 2 rings (SSSR count). The van der Waals surface area contributed by atoms with E-state index in [1.54, 1.807) is 31.5 Å². The zero-order valence-electron chi connectivity index (χ0n) is 9.57. The molecule has 0 bridgehead atoms. The third-order valence-electron chi connectivity index (χ3n) is 2.21. The normalized spacial score (nSPS) is 12.3. The van der Waals surface area contributed by atoms with Crippen LogP contribution in [0, 0.1) is 0 Å². The fourth-order valence-electron chi connectivity index (χ4n) is 1.29.